The number of fused-ring (bicyclic) bond motifs is 1. The van der Waals surface area contributed by atoms with Crippen LogP contribution in [-0.4, -0.2) is 54.1 Å². The molecule has 0 unspecified atom stereocenters. The molecule has 1 saturated heterocycles. The van der Waals surface area contributed by atoms with E-state index in [9.17, 15) is 4.79 Å². The summed E-state index contributed by atoms with van der Waals surface area (Å²) in [7, 11) is 3.17. The molecule has 1 amide bonds. The Labute approximate surface area is 175 Å². The lowest BCUT2D eigenvalue weighted by atomic mass is 9.75. The number of carbonyl (C=O) groups is 1. The number of carbonyl (C=O) groups excluding carboxylic acids is 1. The first-order chi connectivity index (χ1) is 14.2. The van der Waals surface area contributed by atoms with Crippen LogP contribution in [0, 0.1) is 11.8 Å². The van der Waals surface area contributed by atoms with Gasteiger partial charge in [0, 0.05) is 18.7 Å². The molecule has 2 fully saturated rings. The van der Waals surface area contributed by atoms with Gasteiger partial charge in [-0.25, -0.2) is 0 Å². The molecule has 156 valence electrons. The molecule has 0 bridgehead atoms. The molecule has 0 N–H and O–H groups in total. The van der Waals surface area contributed by atoms with E-state index in [0.29, 0.717) is 34.3 Å². The van der Waals surface area contributed by atoms with Crippen LogP contribution < -0.4 is 9.47 Å². The highest BCUT2D eigenvalue weighted by Crippen LogP contribution is 2.36. The predicted molar refractivity (Wildman–Crippen MR) is 110 cm³/mol. The highest BCUT2D eigenvalue weighted by molar-refractivity contribution is 7.99. The topological polar surface area (TPSA) is 77.7 Å². The van der Waals surface area contributed by atoms with Gasteiger partial charge in [0.05, 0.1) is 20.0 Å². The van der Waals surface area contributed by atoms with E-state index >= 15 is 0 Å². The van der Waals surface area contributed by atoms with Gasteiger partial charge in [0.1, 0.15) is 0 Å². The van der Waals surface area contributed by atoms with Crippen LogP contribution in [0.4, 0.5) is 0 Å². The number of benzene rings is 1. The minimum Gasteiger partial charge on any atom is -0.493 e. The van der Waals surface area contributed by atoms with E-state index in [2.05, 4.69) is 10.2 Å². The number of thioether (sulfide) groups is 1. The second kappa shape index (κ2) is 9.07. The van der Waals surface area contributed by atoms with Gasteiger partial charge in [-0.2, -0.15) is 0 Å². The Hall–Kier alpha value is -2.22. The third kappa shape index (κ3) is 4.52. The molecule has 2 aromatic rings. The maximum atomic E-state index is 12.7. The molecule has 0 radical (unpaired) electrons. The molecule has 1 aliphatic carbocycles. The zero-order valence-corrected chi connectivity index (χ0v) is 17.7. The van der Waals surface area contributed by atoms with Crippen molar-refractivity contribution in [2.45, 2.75) is 37.3 Å². The number of likely N-dealkylation sites (tertiary alicyclic amines) is 1. The number of rotatable bonds is 6. The molecule has 4 rings (SSSR count). The Morgan fingerprint density at radius 1 is 1.14 bits per heavy atom. The largest absolute Gasteiger partial charge is 0.493 e. The quantitative estimate of drug-likeness (QED) is 0.660. The highest BCUT2D eigenvalue weighted by Gasteiger charge is 2.32. The van der Waals surface area contributed by atoms with Crippen molar-refractivity contribution in [2.75, 3.05) is 33.1 Å². The molecule has 1 aliphatic heterocycles. The van der Waals surface area contributed by atoms with E-state index in [-0.39, 0.29) is 5.91 Å². The monoisotopic (exact) mass is 417 g/mol. The smallest absolute Gasteiger partial charge is 0.277 e. The third-order valence-electron chi connectivity index (χ3n) is 6.00. The fraction of sp³-hybridized carbons (Fsp3) is 0.571. The minimum absolute atomic E-state index is 0.157. The van der Waals surface area contributed by atoms with E-state index in [1.807, 2.05) is 11.0 Å². The van der Waals surface area contributed by atoms with Crippen molar-refractivity contribution in [3.8, 4) is 23.0 Å². The molecule has 29 heavy (non-hydrogen) atoms. The van der Waals surface area contributed by atoms with E-state index in [0.717, 1.165) is 31.0 Å². The standard InChI is InChI=1S/C21H27N3O4S/c1-26-17-8-7-15(11-18(17)27-2)20-22-23-21(28-20)29-13-19(25)24-10-9-14-5-3-4-6-16(14)12-24/h7-8,11,14,16H,3-6,9-10,12-13H2,1-2H3/t14-,16+/m1/s1. The lowest BCUT2D eigenvalue weighted by Gasteiger charge is -2.41. The molecular weight excluding hydrogens is 390 g/mol. The van der Waals surface area contributed by atoms with Crippen LogP contribution in [0.5, 0.6) is 11.5 Å². The summed E-state index contributed by atoms with van der Waals surface area (Å²) >= 11 is 1.30. The van der Waals surface area contributed by atoms with E-state index in [4.69, 9.17) is 13.9 Å². The molecule has 1 aromatic carbocycles. The summed E-state index contributed by atoms with van der Waals surface area (Å²) in [6.45, 7) is 1.78. The molecule has 1 aromatic heterocycles. The number of hydrogen-bond acceptors (Lipinski definition) is 7. The summed E-state index contributed by atoms with van der Waals surface area (Å²) in [5, 5.41) is 8.58. The van der Waals surface area contributed by atoms with E-state index in [1.165, 1.54) is 37.4 Å². The maximum absolute atomic E-state index is 12.7. The van der Waals surface area contributed by atoms with Gasteiger partial charge in [-0.1, -0.05) is 31.0 Å². The van der Waals surface area contributed by atoms with Crippen LogP contribution in [0.3, 0.4) is 0 Å². The second-order valence-corrected chi connectivity index (χ2v) is 8.59. The van der Waals surface area contributed by atoms with Gasteiger partial charge >= 0.3 is 0 Å². The third-order valence-corrected chi connectivity index (χ3v) is 6.80. The number of methoxy groups -OCH3 is 2. The SMILES string of the molecule is COc1ccc(-c2nnc(SCC(=O)N3CC[C@H]4CCCC[C@H]4C3)o2)cc1OC. The first-order valence-corrected chi connectivity index (χ1v) is 11.1. The van der Waals surface area contributed by atoms with Crippen LogP contribution in [-0.2, 0) is 4.79 Å². The minimum atomic E-state index is 0.157. The van der Waals surface area contributed by atoms with Crippen molar-refractivity contribution < 1.29 is 18.7 Å². The lowest BCUT2D eigenvalue weighted by Crippen LogP contribution is -2.45. The Kier molecular flexibility index (Phi) is 6.28. The first kappa shape index (κ1) is 20.1. The number of amides is 1. The van der Waals surface area contributed by atoms with Gasteiger partial charge in [-0.3, -0.25) is 4.79 Å². The molecule has 2 atom stereocenters. The normalized spacial score (nSPS) is 21.5. The average Bonchev–Trinajstić information content (AvgIpc) is 3.25. The van der Waals surface area contributed by atoms with Gasteiger partial charge in [-0.05, 0) is 42.9 Å². The summed E-state index contributed by atoms with van der Waals surface area (Å²) in [5.41, 5.74) is 0.743. The van der Waals surface area contributed by atoms with Crippen LogP contribution >= 0.6 is 11.8 Å². The number of nitrogens with zero attached hydrogens (tertiary/aromatic N) is 3. The van der Waals surface area contributed by atoms with Crippen LogP contribution in [0.1, 0.15) is 32.1 Å². The summed E-state index contributed by atoms with van der Waals surface area (Å²) in [6, 6.07) is 5.42. The van der Waals surface area contributed by atoms with E-state index < -0.39 is 0 Å². The number of hydrogen-bond donors (Lipinski definition) is 0. The second-order valence-electron chi connectivity index (χ2n) is 7.66. The molecule has 2 aliphatic rings. The van der Waals surface area contributed by atoms with Gasteiger partial charge in [0.15, 0.2) is 11.5 Å². The Morgan fingerprint density at radius 2 is 1.93 bits per heavy atom. The summed E-state index contributed by atoms with van der Waals surface area (Å²) < 4.78 is 16.3. The van der Waals surface area contributed by atoms with Crippen LogP contribution in [0.25, 0.3) is 11.5 Å². The van der Waals surface area contributed by atoms with Crippen LogP contribution in [0.2, 0.25) is 0 Å². The first-order valence-electron chi connectivity index (χ1n) is 10.1. The van der Waals surface area contributed by atoms with Crippen molar-refractivity contribution in [3.05, 3.63) is 18.2 Å². The fourth-order valence-electron chi connectivity index (χ4n) is 4.40. The van der Waals surface area contributed by atoms with Crippen LogP contribution in [0.15, 0.2) is 27.8 Å². The Balaban J connectivity index is 1.34. The zero-order chi connectivity index (χ0) is 20.2. The van der Waals surface area contributed by atoms with Gasteiger partial charge < -0.3 is 18.8 Å². The number of ether oxygens (including phenoxy) is 2. The van der Waals surface area contributed by atoms with Crippen molar-refractivity contribution in [1.29, 1.82) is 0 Å². The van der Waals surface area contributed by atoms with Gasteiger partial charge in [0.2, 0.25) is 11.8 Å². The van der Waals surface area contributed by atoms with Gasteiger partial charge in [-0.15, -0.1) is 10.2 Å². The molecule has 7 nitrogen and oxygen atoms in total. The zero-order valence-electron chi connectivity index (χ0n) is 16.9. The fourth-order valence-corrected chi connectivity index (χ4v) is 5.06. The van der Waals surface area contributed by atoms with Crippen molar-refractivity contribution in [1.82, 2.24) is 15.1 Å². The molecule has 2 heterocycles. The lowest BCUT2D eigenvalue weighted by molar-refractivity contribution is -0.131. The average molecular weight is 418 g/mol. The number of piperidine rings is 1. The maximum Gasteiger partial charge on any atom is 0.277 e. The molecule has 1 saturated carbocycles. The Bertz CT molecular complexity index is 856. The molecule has 0 spiro atoms. The summed E-state index contributed by atoms with van der Waals surface area (Å²) in [5.74, 6) is 3.61. The predicted octanol–water partition coefficient (Wildman–Crippen LogP) is 3.88. The molecular formula is C21H27N3O4S. The highest BCUT2D eigenvalue weighted by atomic mass is 32.2. The van der Waals surface area contributed by atoms with Crippen molar-refractivity contribution in [2.24, 2.45) is 11.8 Å². The summed E-state index contributed by atoms with van der Waals surface area (Å²) in [6.07, 6.45) is 6.40. The molecule has 8 heteroatoms. The van der Waals surface area contributed by atoms with Gasteiger partial charge in [0.25, 0.3) is 5.22 Å². The van der Waals surface area contributed by atoms with Crippen molar-refractivity contribution in [3.63, 3.8) is 0 Å². The summed E-state index contributed by atoms with van der Waals surface area (Å²) in [4.78, 5) is 14.7. The van der Waals surface area contributed by atoms with E-state index in [1.54, 1.807) is 26.4 Å². The Morgan fingerprint density at radius 3 is 2.72 bits per heavy atom. The number of aromatic nitrogens is 2. The van der Waals surface area contributed by atoms with Crippen molar-refractivity contribution >= 4 is 17.7 Å².